The Labute approximate surface area is 160 Å². The molecule has 0 aromatic heterocycles. The third-order valence-corrected chi connectivity index (χ3v) is 5.32. The molecule has 4 nitrogen and oxygen atoms in total. The second kappa shape index (κ2) is 7.10. The largest absolute Gasteiger partial charge is 0.494 e. The minimum absolute atomic E-state index is 0.181. The summed E-state index contributed by atoms with van der Waals surface area (Å²) in [6.07, 6.45) is 0. The number of carbonyl (C=O) groups is 1. The molecular formula is C21H25BFNO3. The first kappa shape index (κ1) is 19.6. The Kier molecular flexibility index (Phi) is 5.15. The van der Waals surface area contributed by atoms with Gasteiger partial charge < -0.3 is 14.6 Å². The van der Waals surface area contributed by atoms with E-state index in [-0.39, 0.29) is 11.7 Å². The van der Waals surface area contributed by atoms with E-state index in [2.05, 4.69) is 5.32 Å². The molecule has 3 rings (SSSR count). The molecule has 142 valence electrons. The van der Waals surface area contributed by atoms with Crippen molar-refractivity contribution in [3.63, 3.8) is 0 Å². The highest BCUT2D eigenvalue weighted by molar-refractivity contribution is 6.62. The molecule has 1 saturated heterocycles. The van der Waals surface area contributed by atoms with Crippen LogP contribution in [-0.4, -0.2) is 24.2 Å². The SMILES string of the molecule is CC(=O)NC(c1ccc(B2OC(C)(C)C(C)(C)O2)cc1)c1cccc(F)c1. The third-order valence-electron chi connectivity index (χ3n) is 5.32. The van der Waals surface area contributed by atoms with E-state index in [1.807, 2.05) is 52.0 Å². The van der Waals surface area contributed by atoms with Crippen LogP contribution >= 0.6 is 0 Å². The van der Waals surface area contributed by atoms with Crippen LogP contribution in [0.25, 0.3) is 0 Å². The molecule has 6 heteroatoms. The van der Waals surface area contributed by atoms with E-state index < -0.39 is 24.4 Å². The van der Waals surface area contributed by atoms with Gasteiger partial charge in [-0.05, 0) is 56.4 Å². The summed E-state index contributed by atoms with van der Waals surface area (Å²) < 4.78 is 25.8. The molecule has 27 heavy (non-hydrogen) atoms. The van der Waals surface area contributed by atoms with E-state index in [1.54, 1.807) is 12.1 Å². The summed E-state index contributed by atoms with van der Waals surface area (Å²) in [7, 11) is -0.447. The Balaban J connectivity index is 1.87. The monoisotopic (exact) mass is 369 g/mol. The predicted molar refractivity (Wildman–Crippen MR) is 104 cm³/mol. The second-order valence-corrected chi connectivity index (χ2v) is 7.94. The van der Waals surface area contributed by atoms with Crippen LogP contribution in [0.2, 0.25) is 0 Å². The van der Waals surface area contributed by atoms with E-state index in [0.717, 1.165) is 11.0 Å². The van der Waals surface area contributed by atoms with Crippen LogP contribution in [0, 0.1) is 5.82 Å². The zero-order valence-corrected chi connectivity index (χ0v) is 16.4. The van der Waals surface area contributed by atoms with Gasteiger partial charge in [-0.1, -0.05) is 36.4 Å². The maximum Gasteiger partial charge on any atom is 0.494 e. The summed E-state index contributed by atoms with van der Waals surface area (Å²) in [6, 6.07) is 13.5. The molecule has 1 atom stereocenters. The lowest BCUT2D eigenvalue weighted by molar-refractivity contribution is -0.119. The van der Waals surface area contributed by atoms with E-state index in [4.69, 9.17) is 9.31 Å². The quantitative estimate of drug-likeness (QED) is 0.841. The van der Waals surface area contributed by atoms with Gasteiger partial charge >= 0.3 is 7.12 Å². The van der Waals surface area contributed by atoms with E-state index in [1.165, 1.54) is 19.1 Å². The summed E-state index contributed by atoms with van der Waals surface area (Å²) in [6.45, 7) is 9.50. The lowest BCUT2D eigenvalue weighted by Gasteiger charge is -2.32. The number of hydrogen-bond acceptors (Lipinski definition) is 3. The first-order valence-corrected chi connectivity index (χ1v) is 9.07. The van der Waals surface area contributed by atoms with Gasteiger partial charge in [-0.3, -0.25) is 4.79 Å². The van der Waals surface area contributed by atoms with Crippen molar-refractivity contribution in [3.05, 3.63) is 65.5 Å². The molecule has 0 bridgehead atoms. The molecule has 1 fully saturated rings. The lowest BCUT2D eigenvalue weighted by atomic mass is 9.78. The maximum absolute atomic E-state index is 13.6. The Bertz CT molecular complexity index is 820. The molecule has 0 aliphatic carbocycles. The fourth-order valence-electron chi connectivity index (χ4n) is 3.07. The molecule has 0 spiro atoms. The topological polar surface area (TPSA) is 47.6 Å². The zero-order valence-electron chi connectivity index (χ0n) is 16.4. The first-order valence-electron chi connectivity index (χ1n) is 9.07. The number of hydrogen-bond donors (Lipinski definition) is 1. The highest BCUT2D eigenvalue weighted by atomic mass is 19.1. The van der Waals surface area contributed by atoms with Gasteiger partial charge in [0.05, 0.1) is 17.2 Å². The third kappa shape index (κ3) is 4.07. The molecule has 1 N–H and O–H groups in total. The van der Waals surface area contributed by atoms with Crippen molar-refractivity contribution in [1.29, 1.82) is 0 Å². The molecular weight excluding hydrogens is 344 g/mol. The van der Waals surface area contributed by atoms with Crippen LogP contribution in [-0.2, 0) is 14.1 Å². The number of carbonyl (C=O) groups excluding carboxylic acids is 1. The van der Waals surface area contributed by atoms with E-state index in [0.29, 0.717) is 5.56 Å². The predicted octanol–water partition coefficient (Wildman–Crippen LogP) is 3.35. The molecule has 1 aliphatic heterocycles. The van der Waals surface area contributed by atoms with Crippen molar-refractivity contribution in [3.8, 4) is 0 Å². The van der Waals surface area contributed by atoms with Crippen LogP contribution < -0.4 is 10.8 Å². The summed E-state index contributed by atoms with van der Waals surface area (Å²) in [5, 5.41) is 2.89. The molecule has 1 aliphatic rings. The zero-order chi connectivity index (χ0) is 19.8. The van der Waals surface area contributed by atoms with Crippen LogP contribution in [0.4, 0.5) is 4.39 Å². The smallest absolute Gasteiger partial charge is 0.399 e. The summed E-state index contributed by atoms with van der Waals surface area (Å²) in [4.78, 5) is 11.7. The van der Waals surface area contributed by atoms with E-state index >= 15 is 0 Å². The molecule has 2 aromatic rings. The van der Waals surface area contributed by atoms with Gasteiger partial charge in [-0.15, -0.1) is 0 Å². The minimum atomic E-state index is -0.447. The Morgan fingerprint density at radius 3 is 2.11 bits per heavy atom. The van der Waals surface area contributed by atoms with Gasteiger partial charge in [-0.2, -0.15) is 0 Å². The van der Waals surface area contributed by atoms with Crippen molar-refractivity contribution >= 4 is 18.5 Å². The summed E-state index contributed by atoms with van der Waals surface area (Å²) in [5.74, 6) is -0.518. The van der Waals surface area contributed by atoms with E-state index in [9.17, 15) is 9.18 Å². The van der Waals surface area contributed by atoms with Gasteiger partial charge in [-0.25, -0.2) is 4.39 Å². The second-order valence-electron chi connectivity index (χ2n) is 7.94. The highest BCUT2D eigenvalue weighted by Crippen LogP contribution is 2.36. The van der Waals surface area contributed by atoms with Crippen LogP contribution in [0.5, 0.6) is 0 Å². The fourth-order valence-corrected chi connectivity index (χ4v) is 3.07. The molecule has 2 aromatic carbocycles. The van der Waals surface area contributed by atoms with Gasteiger partial charge in [0.1, 0.15) is 5.82 Å². The average molecular weight is 369 g/mol. The molecule has 1 heterocycles. The van der Waals surface area contributed by atoms with Gasteiger partial charge in [0.15, 0.2) is 0 Å². The molecule has 1 amide bonds. The van der Waals surface area contributed by atoms with Crippen molar-refractivity contribution in [2.75, 3.05) is 0 Å². The van der Waals surface area contributed by atoms with Crippen LogP contribution in [0.1, 0.15) is 51.8 Å². The average Bonchev–Trinajstić information content (AvgIpc) is 2.80. The Morgan fingerprint density at radius 1 is 1.00 bits per heavy atom. The van der Waals surface area contributed by atoms with Gasteiger partial charge in [0.2, 0.25) is 5.91 Å². The number of rotatable bonds is 4. The van der Waals surface area contributed by atoms with Crippen molar-refractivity contribution in [2.45, 2.75) is 51.9 Å². The van der Waals surface area contributed by atoms with Crippen molar-refractivity contribution < 1.29 is 18.5 Å². The molecule has 0 radical (unpaired) electrons. The van der Waals surface area contributed by atoms with Crippen molar-refractivity contribution in [2.24, 2.45) is 0 Å². The maximum atomic E-state index is 13.6. The van der Waals surface area contributed by atoms with Crippen molar-refractivity contribution in [1.82, 2.24) is 5.32 Å². The number of nitrogens with one attached hydrogen (secondary N) is 1. The van der Waals surface area contributed by atoms with Gasteiger partial charge in [0, 0.05) is 6.92 Å². The van der Waals surface area contributed by atoms with Crippen LogP contribution in [0.15, 0.2) is 48.5 Å². The summed E-state index contributed by atoms with van der Waals surface area (Å²) in [5.41, 5.74) is 1.63. The molecule has 0 saturated carbocycles. The summed E-state index contributed by atoms with van der Waals surface area (Å²) >= 11 is 0. The minimum Gasteiger partial charge on any atom is -0.399 e. The molecule has 1 unspecified atom stereocenters. The Hall–Kier alpha value is -2.18. The van der Waals surface area contributed by atoms with Crippen LogP contribution in [0.3, 0.4) is 0 Å². The number of amides is 1. The normalized spacial score (nSPS) is 19.0. The lowest BCUT2D eigenvalue weighted by Crippen LogP contribution is -2.41. The fraction of sp³-hybridized carbons (Fsp3) is 0.381. The number of halogens is 1. The first-order chi connectivity index (χ1) is 12.6. The highest BCUT2D eigenvalue weighted by Gasteiger charge is 2.51. The van der Waals surface area contributed by atoms with Gasteiger partial charge in [0.25, 0.3) is 0 Å². The number of benzene rings is 2. The standard InChI is InChI=1S/C21H25BFNO3/c1-14(25)24-19(16-7-6-8-18(23)13-16)15-9-11-17(12-10-15)22-26-20(2,3)21(4,5)27-22/h6-13,19H,1-5H3,(H,24,25). The Morgan fingerprint density at radius 2 is 1.59 bits per heavy atom.